The maximum Gasteiger partial charge on any atom is 0.0965 e. The number of aromatic nitrogens is 3. The van der Waals surface area contributed by atoms with Crippen LogP contribution in [-0.2, 0) is 12.1 Å². The Bertz CT molecular complexity index is 343. The third-order valence-electron chi connectivity index (χ3n) is 2.90. The van der Waals surface area contributed by atoms with Crippen molar-refractivity contribution in [2.45, 2.75) is 52.6 Å². The maximum atomic E-state index is 8.91. The molecule has 0 radical (unpaired) electrons. The fourth-order valence-electron chi connectivity index (χ4n) is 1.59. The molecule has 0 saturated heterocycles. The molecule has 0 amide bonds. The first-order valence-electron chi connectivity index (χ1n) is 6.66. The lowest BCUT2D eigenvalue weighted by Gasteiger charge is -2.17. The molecule has 0 aliphatic rings. The van der Waals surface area contributed by atoms with Gasteiger partial charge in [-0.1, -0.05) is 12.1 Å². The zero-order valence-electron chi connectivity index (χ0n) is 12.0. The van der Waals surface area contributed by atoms with E-state index in [2.05, 4.69) is 43.3 Å². The van der Waals surface area contributed by atoms with Crippen molar-refractivity contribution in [3.05, 3.63) is 11.9 Å². The van der Waals surface area contributed by atoms with Crippen molar-refractivity contribution >= 4 is 0 Å². The van der Waals surface area contributed by atoms with Gasteiger partial charge in [0.25, 0.3) is 0 Å². The normalized spacial score (nSPS) is 13.8. The van der Waals surface area contributed by atoms with Gasteiger partial charge < -0.3 is 10.4 Å². The summed E-state index contributed by atoms with van der Waals surface area (Å²) in [6.07, 6.45) is 4.12. The van der Waals surface area contributed by atoms with Gasteiger partial charge in [0.05, 0.1) is 17.4 Å². The Balaban J connectivity index is 2.22. The average molecular weight is 254 g/mol. The Morgan fingerprint density at radius 2 is 2.17 bits per heavy atom. The Kier molecular flexibility index (Phi) is 5.75. The first-order valence-corrected chi connectivity index (χ1v) is 6.66. The standard InChI is InChI=1S/C13H26N4O/c1-11(10-18)6-5-7-14-8-12-9-17(16-15-12)13(2,3)4/h9,11,14,18H,5-8,10H2,1-4H3. The molecule has 0 aromatic carbocycles. The first-order chi connectivity index (χ1) is 8.43. The summed E-state index contributed by atoms with van der Waals surface area (Å²) in [6.45, 7) is 10.4. The summed E-state index contributed by atoms with van der Waals surface area (Å²) in [5, 5.41) is 20.5. The molecule has 0 fully saturated rings. The van der Waals surface area contributed by atoms with Gasteiger partial charge in [-0.2, -0.15) is 0 Å². The van der Waals surface area contributed by atoms with E-state index in [1.165, 1.54) is 0 Å². The highest BCUT2D eigenvalue weighted by molar-refractivity contribution is 4.93. The van der Waals surface area contributed by atoms with Gasteiger partial charge in [-0.15, -0.1) is 5.10 Å². The number of nitrogens with one attached hydrogen (secondary N) is 1. The van der Waals surface area contributed by atoms with E-state index >= 15 is 0 Å². The van der Waals surface area contributed by atoms with E-state index in [9.17, 15) is 0 Å². The summed E-state index contributed by atoms with van der Waals surface area (Å²) in [7, 11) is 0. The highest BCUT2D eigenvalue weighted by Crippen LogP contribution is 2.11. The largest absolute Gasteiger partial charge is 0.396 e. The van der Waals surface area contributed by atoms with Crippen LogP contribution in [0.3, 0.4) is 0 Å². The number of aliphatic hydroxyl groups is 1. The molecule has 2 N–H and O–H groups in total. The molecular weight excluding hydrogens is 228 g/mol. The van der Waals surface area contributed by atoms with Gasteiger partial charge in [0.15, 0.2) is 0 Å². The Morgan fingerprint density at radius 3 is 2.72 bits per heavy atom. The van der Waals surface area contributed by atoms with E-state index in [1.54, 1.807) is 0 Å². The van der Waals surface area contributed by atoms with Gasteiger partial charge in [0.2, 0.25) is 0 Å². The fraction of sp³-hybridized carbons (Fsp3) is 0.846. The minimum Gasteiger partial charge on any atom is -0.396 e. The number of hydrogen-bond donors (Lipinski definition) is 2. The van der Waals surface area contributed by atoms with E-state index in [0.717, 1.165) is 31.6 Å². The molecule has 1 atom stereocenters. The van der Waals surface area contributed by atoms with Crippen molar-refractivity contribution in [3.8, 4) is 0 Å². The molecule has 1 rings (SSSR count). The molecule has 0 bridgehead atoms. The molecule has 0 aliphatic carbocycles. The zero-order valence-corrected chi connectivity index (χ0v) is 12.0. The van der Waals surface area contributed by atoms with Crippen LogP contribution in [-0.4, -0.2) is 33.3 Å². The predicted octanol–water partition coefficient (Wildman–Crippen LogP) is 1.53. The van der Waals surface area contributed by atoms with Crippen LogP contribution in [0.1, 0.15) is 46.2 Å². The van der Waals surface area contributed by atoms with Gasteiger partial charge in [0, 0.05) is 13.2 Å². The van der Waals surface area contributed by atoms with Crippen LogP contribution < -0.4 is 5.32 Å². The summed E-state index contributed by atoms with van der Waals surface area (Å²) in [6, 6.07) is 0. The van der Waals surface area contributed by atoms with Crippen LogP contribution in [0.4, 0.5) is 0 Å². The minimum atomic E-state index is -0.0121. The monoisotopic (exact) mass is 254 g/mol. The molecule has 5 heteroatoms. The molecule has 0 saturated carbocycles. The Hall–Kier alpha value is -0.940. The van der Waals surface area contributed by atoms with Crippen LogP contribution in [0.5, 0.6) is 0 Å². The number of aliphatic hydroxyl groups excluding tert-OH is 1. The average Bonchev–Trinajstić information content (AvgIpc) is 2.76. The number of nitrogens with zero attached hydrogens (tertiary/aromatic N) is 3. The van der Waals surface area contributed by atoms with Crippen molar-refractivity contribution in [3.63, 3.8) is 0 Å². The smallest absolute Gasteiger partial charge is 0.0965 e. The summed E-state index contributed by atoms with van der Waals surface area (Å²) >= 11 is 0. The topological polar surface area (TPSA) is 63.0 Å². The quantitative estimate of drug-likeness (QED) is 0.724. The fourth-order valence-corrected chi connectivity index (χ4v) is 1.59. The number of hydrogen-bond acceptors (Lipinski definition) is 4. The second-order valence-corrected chi connectivity index (χ2v) is 5.93. The molecule has 5 nitrogen and oxygen atoms in total. The molecule has 1 aromatic heterocycles. The lowest BCUT2D eigenvalue weighted by atomic mass is 10.1. The van der Waals surface area contributed by atoms with Crippen LogP contribution in [0, 0.1) is 5.92 Å². The third-order valence-corrected chi connectivity index (χ3v) is 2.90. The highest BCUT2D eigenvalue weighted by atomic mass is 16.3. The summed E-state index contributed by atoms with van der Waals surface area (Å²) in [4.78, 5) is 0. The van der Waals surface area contributed by atoms with Gasteiger partial charge in [-0.05, 0) is 46.1 Å². The van der Waals surface area contributed by atoms with Gasteiger partial charge in [0.1, 0.15) is 0 Å². The summed E-state index contributed by atoms with van der Waals surface area (Å²) in [5.41, 5.74) is 0.960. The highest BCUT2D eigenvalue weighted by Gasteiger charge is 2.14. The zero-order chi connectivity index (χ0) is 13.6. The molecular formula is C13H26N4O. The Labute approximate surface area is 110 Å². The minimum absolute atomic E-state index is 0.0121. The molecule has 104 valence electrons. The van der Waals surface area contributed by atoms with Crippen molar-refractivity contribution in [2.75, 3.05) is 13.2 Å². The second kappa shape index (κ2) is 6.85. The first kappa shape index (κ1) is 15.1. The molecule has 1 unspecified atom stereocenters. The number of rotatable bonds is 7. The van der Waals surface area contributed by atoms with Crippen molar-refractivity contribution in [2.24, 2.45) is 5.92 Å². The van der Waals surface area contributed by atoms with E-state index in [1.807, 2.05) is 10.9 Å². The third kappa shape index (κ3) is 5.14. The molecule has 18 heavy (non-hydrogen) atoms. The van der Waals surface area contributed by atoms with Crippen LogP contribution in [0.25, 0.3) is 0 Å². The van der Waals surface area contributed by atoms with Crippen molar-refractivity contribution in [1.29, 1.82) is 0 Å². The van der Waals surface area contributed by atoms with Crippen molar-refractivity contribution in [1.82, 2.24) is 20.3 Å². The van der Waals surface area contributed by atoms with Crippen molar-refractivity contribution < 1.29 is 5.11 Å². The lowest BCUT2D eigenvalue weighted by molar-refractivity contribution is 0.228. The van der Waals surface area contributed by atoms with E-state index in [0.29, 0.717) is 5.92 Å². The van der Waals surface area contributed by atoms with Gasteiger partial charge >= 0.3 is 0 Å². The molecule has 1 aromatic rings. The predicted molar refractivity (Wildman–Crippen MR) is 72.2 cm³/mol. The van der Waals surface area contributed by atoms with Gasteiger partial charge in [-0.25, -0.2) is 4.68 Å². The molecule has 0 aliphatic heterocycles. The van der Waals surface area contributed by atoms with Crippen LogP contribution in [0.2, 0.25) is 0 Å². The lowest BCUT2D eigenvalue weighted by Crippen LogP contribution is -2.22. The van der Waals surface area contributed by atoms with E-state index in [4.69, 9.17) is 5.11 Å². The van der Waals surface area contributed by atoms with Gasteiger partial charge in [-0.3, -0.25) is 0 Å². The van der Waals surface area contributed by atoms with Crippen LogP contribution in [0.15, 0.2) is 6.20 Å². The second-order valence-electron chi connectivity index (χ2n) is 5.93. The maximum absolute atomic E-state index is 8.91. The van der Waals surface area contributed by atoms with E-state index < -0.39 is 0 Å². The SMILES string of the molecule is CC(CO)CCCNCc1cn(C(C)(C)C)nn1. The summed E-state index contributed by atoms with van der Waals surface area (Å²) < 4.78 is 1.89. The van der Waals surface area contributed by atoms with E-state index in [-0.39, 0.29) is 12.1 Å². The molecule has 0 spiro atoms. The summed E-state index contributed by atoms with van der Waals surface area (Å²) in [5.74, 6) is 0.397. The molecule has 1 heterocycles. The van der Waals surface area contributed by atoms with Crippen LogP contribution >= 0.6 is 0 Å². The Morgan fingerprint density at radius 1 is 1.44 bits per heavy atom.